The summed E-state index contributed by atoms with van der Waals surface area (Å²) in [5.74, 6) is 0. The van der Waals surface area contributed by atoms with Crippen LogP contribution in [-0.4, -0.2) is 41.3 Å². The molecule has 3 unspecified atom stereocenters. The fraction of sp³-hybridized carbons (Fsp3) is 1.00. The van der Waals surface area contributed by atoms with Crippen LogP contribution in [0.25, 0.3) is 0 Å². The van der Waals surface area contributed by atoms with Gasteiger partial charge in [0.15, 0.2) is 9.84 Å². The van der Waals surface area contributed by atoms with Gasteiger partial charge in [-0.05, 0) is 32.1 Å². The van der Waals surface area contributed by atoms with Gasteiger partial charge in [-0.1, -0.05) is 13.8 Å². The first-order chi connectivity index (χ1) is 7.79. The smallest absolute Gasteiger partial charge is 0.156 e. The molecule has 3 atom stereocenters. The van der Waals surface area contributed by atoms with Crippen molar-refractivity contribution in [3.05, 3.63) is 0 Å². The van der Waals surface area contributed by atoms with Gasteiger partial charge in [-0.3, -0.25) is 0 Å². The molecule has 5 heteroatoms. The molecule has 0 saturated carbocycles. The molecule has 4 nitrogen and oxygen atoms in total. The van der Waals surface area contributed by atoms with E-state index in [-0.39, 0.29) is 19.4 Å². The molecule has 0 amide bonds. The van der Waals surface area contributed by atoms with Crippen molar-refractivity contribution in [3.63, 3.8) is 0 Å². The van der Waals surface area contributed by atoms with Crippen LogP contribution in [0.4, 0.5) is 0 Å². The summed E-state index contributed by atoms with van der Waals surface area (Å²) in [6, 6.07) is 0. The van der Waals surface area contributed by atoms with Gasteiger partial charge in [-0.15, -0.1) is 0 Å². The second-order valence-corrected chi connectivity index (χ2v) is 8.43. The Kier molecular flexibility index (Phi) is 3.08. The Morgan fingerprint density at radius 1 is 1.29 bits per heavy atom. The first-order valence-corrected chi connectivity index (χ1v) is 7.96. The molecule has 0 radical (unpaired) electrons. The van der Waals surface area contributed by atoms with Gasteiger partial charge in [0, 0.05) is 5.41 Å². The van der Waals surface area contributed by atoms with Gasteiger partial charge in [0.2, 0.25) is 0 Å². The maximum Gasteiger partial charge on any atom is 0.156 e. The maximum absolute atomic E-state index is 12.0. The van der Waals surface area contributed by atoms with E-state index >= 15 is 0 Å². The Morgan fingerprint density at radius 3 is 2.12 bits per heavy atom. The van der Waals surface area contributed by atoms with Crippen LogP contribution < -0.4 is 0 Å². The van der Waals surface area contributed by atoms with Crippen LogP contribution in [0.3, 0.4) is 0 Å². The second kappa shape index (κ2) is 3.93. The van der Waals surface area contributed by atoms with E-state index in [0.717, 1.165) is 0 Å². The van der Waals surface area contributed by atoms with Crippen LogP contribution in [0.1, 0.15) is 46.0 Å². The highest BCUT2D eigenvalue weighted by Gasteiger charge is 2.58. The highest BCUT2D eigenvalue weighted by Crippen LogP contribution is 2.51. The molecule has 0 spiro atoms. The zero-order valence-corrected chi connectivity index (χ0v) is 11.3. The molecule has 2 fully saturated rings. The average molecular weight is 262 g/mol. The Balaban J connectivity index is 2.33. The van der Waals surface area contributed by atoms with Crippen LogP contribution in [-0.2, 0) is 9.84 Å². The van der Waals surface area contributed by atoms with Crippen molar-refractivity contribution in [3.8, 4) is 0 Å². The van der Waals surface area contributed by atoms with Gasteiger partial charge in [-0.2, -0.15) is 0 Å². The molecule has 0 aliphatic carbocycles. The van der Waals surface area contributed by atoms with Gasteiger partial charge < -0.3 is 10.2 Å². The third-order valence-corrected chi connectivity index (χ3v) is 7.79. The standard InChI is InChI=1S/C12H22O4S/c1-3-11(2,8-13)12(14)6-9-4-5-10(7-12)17(9,15)16/h9-10,13-14H,3-8H2,1-2H3. The van der Waals surface area contributed by atoms with E-state index < -0.39 is 31.4 Å². The van der Waals surface area contributed by atoms with Crippen molar-refractivity contribution >= 4 is 9.84 Å². The number of aliphatic hydroxyl groups is 2. The lowest BCUT2D eigenvalue weighted by molar-refractivity contribution is -0.113. The van der Waals surface area contributed by atoms with Gasteiger partial charge in [-0.25, -0.2) is 8.42 Å². The monoisotopic (exact) mass is 262 g/mol. The summed E-state index contributed by atoms with van der Waals surface area (Å²) >= 11 is 0. The third kappa shape index (κ3) is 1.74. The summed E-state index contributed by atoms with van der Waals surface area (Å²) in [6.07, 6.45) is 2.56. The molecule has 2 aliphatic rings. The Labute approximate surface area is 103 Å². The average Bonchev–Trinajstić information content (AvgIpc) is 2.48. The lowest BCUT2D eigenvalue weighted by atomic mass is 9.68. The molecule has 2 heterocycles. The molecule has 100 valence electrons. The number of sulfone groups is 1. The summed E-state index contributed by atoms with van der Waals surface area (Å²) in [7, 11) is -3.02. The molecular weight excluding hydrogens is 240 g/mol. The first kappa shape index (κ1) is 13.3. The van der Waals surface area contributed by atoms with Crippen LogP contribution in [0.5, 0.6) is 0 Å². The molecule has 0 aromatic rings. The van der Waals surface area contributed by atoms with Crippen LogP contribution in [0, 0.1) is 5.41 Å². The molecule has 2 bridgehead atoms. The third-order valence-electron chi connectivity index (χ3n) is 5.12. The topological polar surface area (TPSA) is 74.6 Å². The number of rotatable bonds is 3. The lowest BCUT2D eigenvalue weighted by Crippen LogP contribution is -2.56. The number of hydrogen-bond donors (Lipinski definition) is 2. The quantitative estimate of drug-likeness (QED) is 0.791. The van der Waals surface area contributed by atoms with Crippen molar-refractivity contribution in [2.24, 2.45) is 5.41 Å². The van der Waals surface area contributed by atoms with Crippen LogP contribution >= 0.6 is 0 Å². The predicted octanol–water partition coefficient (Wildman–Crippen LogP) is 0.866. The summed E-state index contributed by atoms with van der Waals surface area (Å²) in [5.41, 5.74) is -1.63. The Bertz CT molecular complexity index is 377. The summed E-state index contributed by atoms with van der Waals surface area (Å²) in [5, 5.41) is 19.5. The molecule has 17 heavy (non-hydrogen) atoms. The van der Waals surface area contributed by atoms with Crippen molar-refractivity contribution in [1.82, 2.24) is 0 Å². The van der Waals surface area contributed by atoms with Crippen molar-refractivity contribution in [2.75, 3.05) is 6.61 Å². The summed E-state index contributed by atoms with van der Waals surface area (Å²) < 4.78 is 24.0. The molecule has 2 aliphatic heterocycles. The van der Waals surface area contributed by atoms with Crippen molar-refractivity contribution < 1.29 is 18.6 Å². The zero-order valence-electron chi connectivity index (χ0n) is 10.5. The first-order valence-electron chi connectivity index (χ1n) is 6.35. The summed E-state index contributed by atoms with van der Waals surface area (Å²) in [4.78, 5) is 0. The normalized spacial score (nSPS) is 43.3. The van der Waals surface area contributed by atoms with E-state index in [1.807, 2.05) is 13.8 Å². The minimum absolute atomic E-state index is 0.0977. The number of aliphatic hydroxyl groups excluding tert-OH is 1. The van der Waals surface area contributed by atoms with Gasteiger partial charge in [0.25, 0.3) is 0 Å². The van der Waals surface area contributed by atoms with E-state index in [9.17, 15) is 18.6 Å². The van der Waals surface area contributed by atoms with Crippen molar-refractivity contribution in [1.29, 1.82) is 0 Å². The summed E-state index contributed by atoms with van der Waals surface area (Å²) in [6.45, 7) is 3.68. The fourth-order valence-electron chi connectivity index (χ4n) is 3.33. The molecule has 0 aromatic carbocycles. The zero-order chi connectivity index (χ0) is 12.9. The Hall–Kier alpha value is -0.130. The molecule has 0 aromatic heterocycles. The van der Waals surface area contributed by atoms with E-state index in [2.05, 4.69) is 0 Å². The fourth-order valence-corrected chi connectivity index (χ4v) is 5.82. The number of fused-ring (bicyclic) bond motifs is 2. The largest absolute Gasteiger partial charge is 0.396 e. The van der Waals surface area contributed by atoms with E-state index in [4.69, 9.17) is 0 Å². The predicted molar refractivity (Wildman–Crippen MR) is 65.4 cm³/mol. The minimum Gasteiger partial charge on any atom is -0.396 e. The highest BCUT2D eigenvalue weighted by molar-refractivity contribution is 7.93. The van der Waals surface area contributed by atoms with Crippen LogP contribution in [0.2, 0.25) is 0 Å². The lowest BCUT2D eigenvalue weighted by Gasteiger charge is -2.48. The number of hydrogen-bond acceptors (Lipinski definition) is 4. The van der Waals surface area contributed by atoms with Gasteiger partial charge in [0.05, 0.1) is 22.7 Å². The molecular formula is C12H22O4S. The minimum atomic E-state index is -3.02. The van der Waals surface area contributed by atoms with Gasteiger partial charge in [0.1, 0.15) is 0 Å². The molecule has 2 rings (SSSR count). The molecule has 2 N–H and O–H groups in total. The van der Waals surface area contributed by atoms with Crippen molar-refractivity contribution in [2.45, 2.75) is 62.1 Å². The SMILES string of the molecule is CCC(C)(CO)C1(O)CC2CCC(C1)S2(=O)=O. The highest BCUT2D eigenvalue weighted by atomic mass is 32.2. The van der Waals surface area contributed by atoms with E-state index in [1.54, 1.807) is 0 Å². The van der Waals surface area contributed by atoms with Gasteiger partial charge >= 0.3 is 0 Å². The maximum atomic E-state index is 12.0. The van der Waals surface area contributed by atoms with Crippen LogP contribution in [0.15, 0.2) is 0 Å². The van der Waals surface area contributed by atoms with E-state index in [0.29, 0.717) is 19.3 Å². The molecule has 2 saturated heterocycles. The Morgan fingerprint density at radius 2 is 1.76 bits per heavy atom. The second-order valence-electron chi connectivity index (χ2n) is 5.92. The van der Waals surface area contributed by atoms with E-state index in [1.165, 1.54) is 0 Å².